The van der Waals surface area contributed by atoms with Gasteiger partial charge in [-0.15, -0.1) is 0 Å². The molecule has 0 bridgehead atoms. The summed E-state index contributed by atoms with van der Waals surface area (Å²) in [4.78, 5) is 22.7. The zero-order valence-corrected chi connectivity index (χ0v) is 10.8. The standard InChI is InChI=1S/C13H16N2O5/c16-8-3-4-11(10(6-8)12(17)18)15-13(19)14-7-9-2-1-5-20-9/h3-4,6,9,16H,1-2,5,7H2,(H,17,18)(H2,14,15,19). The first-order valence-corrected chi connectivity index (χ1v) is 6.29. The number of aromatic hydroxyl groups is 1. The molecule has 108 valence electrons. The third-order valence-corrected chi connectivity index (χ3v) is 3.00. The second kappa shape index (κ2) is 6.25. The molecule has 20 heavy (non-hydrogen) atoms. The van der Waals surface area contributed by atoms with Crippen LogP contribution in [0.4, 0.5) is 10.5 Å². The van der Waals surface area contributed by atoms with Crippen molar-refractivity contribution >= 4 is 17.7 Å². The molecule has 1 saturated heterocycles. The second-order valence-corrected chi connectivity index (χ2v) is 4.51. The Morgan fingerprint density at radius 1 is 1.40 bits per heavy atom. The fraction of sp³-hybridized carbons (Fsp3) is 0.385. The molecule has 7 heteroatoms. The predicted molar refractivity (Wildman–Crippen MR) is 71.1 cm³/mol. The van der Waals surface area contributed by atoms with Crippen LogP contribution in [0.2, 0.25) is 0 Å². The van der Waals surface area contributed by atoms with E-state index in [4.69, 9.17) is 9.84 Å². The number of aromatic carboxylic acids is 1. The highest BCUT2D eigenvalue weighted by atomic mass is 16.5. The average molecular weight is 280 g/mol. The van der Waals surface area contributed by atoms with Crippen molar-refractivity contribution in [2.45, 2.75) is 18.9 Å². The summed E-state index contributed by atoms with van der Waals surface area (Å²) in [6.07, 6.45) is 1.90. The van der Waals surface area contributed by atoms with Crippen LogP contribution >= 0.6 is 0 Å². The summed E-state index contributed by atoms with van der Waals surface area (Å²) in [5, 5.41) is 23.3. The van der Waals surface area contributed by atoms with Gasteiger partial charge < -0.3 is 25.6 Å². The molecule has 1 atom stereocenters. The first kappa shape index (κ1) is 14.1. The normalized spacial score (nSPS) is 17.7. The van der Waals surface area contributed by atoms with Gasteiger partial charge in [0.05, 0.1) is 17.4 Å². The third kappa shape index (κ3) is 3.61. The van der Waals surface area contributed by atoms with E-state index in [0.717, 1.165) is 18.9 Å². The highest BCUT2D eigenvalue weighted by Crippen LogP contribution is 2.21. The predicted octanol–water partition coefficient (Wildman–Crippen LogP) is 1.39. The quantitative estimate of drug-likeness (QED) is 0.623. The molecule has 7 nitrogen and oxygen atoms in total. The van der Waals surface area contributed by atoms with Gasteiger partial charge in [0.1, 0.15) is 5.75 Å². The summed E-state index contributed by atoms with van der Waals surface area (Å²) in [5.41, 5.74) is -0.0441. The van der Waals surface area contributed by atoms with Gasteiger partial charge in [-0.25, -0.2) is 9.59 Å². The van der Waals surface area contributed by atoms with E-state index < -0.39 is 12.0 Å². The molecule has 1 aromatic carbocycles. The fourth-order valence-electron chi connectivity index (χ4n) is 2.00. The number of carbonyl (C=O) groups excluding carboxylic acids is 1. The number of rotatable bonds is 4. The zero-order valence-electron chi connectivity index (χ0n) is 10.8. The Hall–Kier alpha value is -2.28. The Balaban J connectivity index is 1.94. The summed E-state index contributed by atoms with van der Waals surface area (Å²) in [7, 11) is 0. The maximum Gasteiger partial charge on any atom is 0.337 e. The van der Waals surface area contributed by atoms with Crippen molar-refractivity contribution in [2.24, 2.45) is 0 Å². The number of amides is 2. The molecule has 2 rings (SSSR count). The number of hydrogen-bond acceptors (Lipinski definition) is 4. The molecule has 0 aromatic heterocycles. The van der Waals surface area contributed by atoms with Gasteiger partial charge in [-0.3, -0.25) is 0 Å². The van der Waals surface area contributed by atoms with Crippen LogP contribution in [0.25, 0.3) is 0 Å². The lowest BCUT2D eigenvalue weighted by molar-refractivity contribution is 0.0697. The number of phenols is 1. The molecule has 1 heterocycles. The van der Waals surface area contributed by atoms with Gasteiger partial charge in [-0.2, -0.15) is 0 Å². The fourth-order valence-corrected chi connectivity index (χ4v) is 2.00. The van der Waals surface area contributed by atoms with Crippen molar-refractivity contribution < 1.29 is 24.5 Å². The lowest BCUT2D eigenvalue weighted by Crippen LogP contribution is -2.35. The van der Waals surface area contributed by atoms with Crippen molar-refractivity contribution in [3.05, 3.63) is 23.8 Å². The highest BCUT2D eigenvalue weighted by Gasteiger charge is 2.17. The van der Waals surface area contributed by atoms with Crippen molar-refractivity contribution in [2.75, 3.05) is 18.5 Å². The van der Waals surface area contributed by atoms with Gasteiger partial charge in [-0.1, -0.05) is 0 Å². The zero-order chi connectivity index (χ0) is 14.5. The molecule has 1 aliphatic heterocycles. The van der Waals surface area contributed by atoms with E-state index in [-0.39, 0.29) is 23.1 Å². The number of phenolic OH excluding ortho intramolecular Hbond substituents is 1. The molecule has 0 aliphatic carbocycles. The second-order valence-electron chi connectivity index (χ2n) is 4.51. The number of benzene rings is 1. The summed E-state index contributed by atoms with van der Waals surface area (Å²) >= 11 is 0. The van der Waals surface area contributed by atoms with E-state index in [1.54, 1.807) is 0 Å². The average Bonchev–Trinajstić information content (AvgIpc) is 2.91. The molecule has 0 saturated carbocycles. The van der Waals surface area contributed by atoms with E-state index >= 15 is 0 Å². The number of nitrogens with one attached hydrogen (secondary N) is 2. The van der Waals surface area contributed by atoms with Crippen LogP contribution in [0.5, 0.6) is 5.75 Å². The number of carbonyl (C=O) groups is 2. The number of hydrogen-bond donors (Lipinski definition) is 4. The van der Waals surface area contributed by atoms with Gasteiger partial charge in [-0.05, 0) is 31.0 Å². The lowest BCUT2D eigenvalue weighted by atomic mass is 10.1. The minimum Gasteiger partial charge on any atom is -0.508 e. The molecular formula is C13H16N2O5. The van der Waals surface area contributed by atoms with Crippen LogP contribution in [0.15, 0.2) is 18.2 Å². The Morgan fingerprint density at radius 2 is 2.20 bits per heavy atom. The number of carboxylic acid groups (broad SMARTS) is 1. The smallest absolute Gasteiger partial charge is 0.337 e. The maximum atomic E-state index is 11.7. The first-order chi connectivity index (χ1) is 9.56. The Bertz CT molecular complexity index is 511. The summed E-state index contributed by atoms with van der Waals surface area (Å²) < 4.78 is 5.36. The van der Waals surface area contributed by atoms with Crippen LogP contribution in [0.3, 0.4) is 0 Å². The highest BCUT2D eigenvalue weighted by molar-refractivity contribution is 6.00. The molecule has 0 radical (unpaired) electrons. The van der Waals surface area contributed by atoms with E-state index in [0.29, 0.717) is 13.2 Å². The van der Waals surface area contributed by atoms with Gasteiger partial charge in [0.15, 0.2) is 0 Å². The van der Waals surface area contributed by atoms with Gasteiger partial charge >= 0.3 is 12.0 Å². The SMILES string of the molecule is O=C(NCC1CCCO1)Nc1ccc(O)cc1C(=O)O. The molecule has 4 N–H and O–H groups in total. The van der Waals surface area contributed by atoms with Crippen molar-refractivity contribution in [3.8, 4) is 5.75 Å². The minimum absolute atomic E-state index is 0.0134. The van der Waals surface area contributed by atoms with Crippen molar-refractivity contribution in [1.29, 1.82) is 0 Å². The van der Waals surface area contributed by atoms with Crippen LogP contribution < -0.4 is 10.6 Å². The summed E-state index contributed by atoms with van der Waals surface area (Å²) in [5.74, 6) is -1.40. The third-order valence-electron chi connectivity index (χ3n) is 3.00. The number of anilines is 1. The molecule has 1 aliphatic rings. The van der Waals surface area contributed by atoms with Crippen LogP contribution in [0, 0.1) is 0 Å². The van der Waals surface area contributed by atoms with Crippen LogP contribution in [0.1, 0.15) is 23.2 Å². The molecule has 1 aromatic rings. The maximum absolute atomic E-state index is 11.7. The Morgan fingerprint density at radius 3 is 2.85 bits per heavy atom. The molecule has 1 unspecified atom stereocenters. The number of carboxylic acids is 1. The summed E-state index contributed by atoms with van der Waals surface area (Å²) in [6, 6.07) is 3.22. The molecule has 0 spiro atoms. The molecule has 1 fully saturated rings. The van der Waals surface area contributed by atoms with Gasteiger partial charge in [0.2, 0.25) is 0 Å². The van der Waals surface area contributed by atoms with Crippen molar-refractivity contribution in [1.82, 2.24) is 5.32 Å². The van der Waals surface area contributed by atoms with E-state index in [9.17, 15) is 14.7 Å². The number of urea groups is 1. The molecule has 2 amide bonds. The van der Waals surface area contributed by atoms with E-state index in [1.165, 1.54) is 12.1 Å². The Kier molecular flexibility index (Phi) is 4.41. The lowest BCUT2D eigenvalue weighted by Gasteiger charge is -2.13. The van der Waals surface area contributed by atoms with Crippen molar-refractivity contribution in [3.63, 3.8) is 0 Å². The largest absolute Gasteiger partial charge is 0.508 e. The summed E-state index contributed by atoms with van der Waals surface area (Å²) in [6.45, 7) is 1.08. The number of ether oxygens (including phenoxy) is 1. The van der Waals surface area contributed by atoms with Gasteiger partial charge in [0.25, 0.3) is 0 Å². The Labute approximate surface area is 115 Å². The van der Waals surface area contributed by atoms with Crippen LogP contribution in [-0.2, 0) is 4.74 Å². The molecular weight excluding hydrogens is 264 g/mol. The van der Waals surface area contributed by atoms with Crippen LogP contribution in [-0.4, -0.2) is 41.5 Å². The van der Waals surface area contributed by atoms with E-state index in [2.05, 4.69) is 10.6 Å². The monoisotopic (exact) mass is 280 g/mol. The topological polar surface area (TPSA) is 108 Å². The first-order valence-electron chi connectivity index (χ1n) is 6.29. The van der Waals surface area contributed by atoms with E-state index in [1.807, 2.05) is 0 Å². The van der Waals surface area contributed by atoms with Gasteiger partial charge in [0, 0.05) is 13.2 Å². The minimum atomic E-state index is -1.23.